The standard InChI is InChI=1S/C30H37F3N6O3S/c1-28(2)17-19-5-4-14-34-22-6-3-7-24(35-22)43-37-26(40)20-8-9-23(36-25(20)39(28)18-19)38-15-10-21(27(38)41)42-16-13-29(11-12-29)30(31,32)33/h3,6-9,19,21H,4-5,10-18H2,1-2H3,(H,34,35)(H,37,40). The summed E-state index contributed by atoms with van der Waals surface area (Å²) >= 11 is 1.13. The Morgan fingerprint density at radius 3 is 2.70 bits per heavy atom. The number of rotatable bonds is 5. The van der Waals surface area contributed by atoms with Crippen LogP contribution in [0.15, 0.2) is 35.4 Å². The van der Waals surface area contributed by atoms with E-state index in [-0.39, 0.29) is 43.2 Å². The highest BCUT2D eigenvalue weighted by atomic mass is 32.2. The smallest absolute Gasteiger partial charge is 0.370 e. The first-order valence-electron chi connectivity index (χ1n) is 14.9. The highest BCUT2D eigenvalue weighted by Gasteiger charge is 2.62. The van der Waals surface area contributed by atoms with Crippen LogP contribution in [0.2, 0.25) is 0 Å². The van der Waals surface area contributed by atoms with Gasteiger partial charge in [-0.2, -0.15) is 13.2 Å². The second kappa shape index (κ2) is 11.5. The first-order valence-corrected chi connectivity index (χ1v) is 15.7. The number of ether oxygens (including phenoxy) is 1. The average Bonchev–Trinajstić information content (AvgIpc) is 3.59. The molecule has 1 aliphatic carbocycles. The first kappa shape index (κ1) is 30.0. The topological polar surface area (TPSA) is 99.7 Å². The molecule has 3 aliphatic heterocycles. The molecule has 2 aromatic heterocycles. The normalized spacial score (nSPS) is 25.0. The van der Waals surface area contributed by atoms with Crippen molar-refractivity contribution in [3.8, 4) is 0 Å². The van der Waals surface area contributed by atoms with Crippen LogP contribution in [-0.2, 0) is 9.53 Å². The van der Waals surface area contributed by atoms with Crippen molar-refractivity contribution in [3.05, 3.63) is 35.9 Å². The van der Waals surface area contributed by atoms with Gasteiger partial charge in [0.25, 0.3) is 11.8 Å². The molecule has 2 unspecified atom stereocenters. The largest absolute Gasteiger partial charge is 0.394 e. The Hall–Kier alpha value is -3.06. The maximum absolute atomic E-state index is 13.5. The van der Waals surface area contributed by atoms with Gasteiger partial charge in [0.15, 0.2) is 0 Å². The number of amides is 2. The van der Waals surface area contributed by atoms with Gasteiger partial charge < -0.3 is 15.0 Å². The molecule has 9 nitrogen and oxygen atoms in total. The van der Waals surface area contributed by atoms with Gasteiger partial charge in [-0.1, -0.05) is 6.07 Å². The van der Waals surface area contributed by atoms with Crippen LogP contribution in [-0.4, -0.2) is 65.8 Å². The van der Waals surface area contributed by atoms with Gasteiger partial charge >= 0.3 is 6.18 Å². The third kappa shape index (κ3) is 6.15. The molecule has 2 aromatic rings. The quantitative estimate of drug-likeness (QED) is 0.420. The zero-order valence-corrected chi connectivity index (χ0v) is 25.2. The molecule has 13 heteroatoms. The maximum atomic E-state index is 13.5. The molecule has 0 aromatic carbocycles. The summed E-state index contributed by atoms with van der Waals surface area (Å²) in [7, 11) is 0. The summed E-state index contributed by atoms with van der Waals surface area (Å²) in [6, 6.07) is 8.98. The summed E-state index contributed by atoms with van der Waals surface area (Å²) in [6.07, 6.45) is -1.69. The lowest BCUT2D eigenvalue weighted by atomic mass is 9.93. The van der Waals surface area contributed by atoms with Crippen LogP contribution in [0.4, 0.5) is 30.6 Å². The van der Waals surface area contributed by atoms with E-state index in [2.05, 4.69) is 33.8 Å². The highest BCUT2D eigenvalue weighted by molar-refractivity contribution is 7.97. The third-order valence-electron chi connectivity index (χ3n) is 9.17. The van der Waals surface area contributed by atoms with Crippen LogP contribution >= 0.6 is 11.9 Å². The summed E-state index contributed by atoms with van der Waals surface area (Å²) in [4.78, 5) is 40.0. The predicted molar refractivity (Wildman–Crippen MR) is 158 cm³/mol. The number of carbonyl (C=O) groups is 2. The number of nitrogens with zero attached hydrogens (tertiary/aromatic N) is 4. The van der Waals surface area contributed by atoms with E-state index in [4.69, 9.17) is 9.72 Å². The lowest BCUT2D eigenvalue weighted by Crippen LogP contribution is -2.40. The van der Waals surface area contributed by atoms with E-state index in [1.165, 1.54) is 4.90 Å². The lowest BCUT2D eigenvalue weighted by Gasteiger charge is -2.34. The van der Waals surface area contributed by atoms with Crippen LogP contribution in [0, 0.1) is 11.3 Å². The van der Waals surface area contributed by atoms with Crippen LogP contribution in [0.25, 0.3) is 0 Å². The summed E-state index contributed by atoms with van der Waals surface area (Å²) in [5.74, 6) is 1.43. The van der Waals surface area contributed by atoms with Crippen molar-refractivity contribution in [1.82, 2.24) is 14.7 Å². The van der Waals surface area contributed by atoms with E-state index < -0.39 is 17.7 Å². The van der Waals surface area contributed by atoms with Crippen molar-refractivity contribution in [2.75, 3.05) is 41.4 Å². The molecule has 5 heterocycles. The van der Waals surface area contributed by atoms with Crippen molar-refractivity contribution in [2.45, 2.75) is 81.6 Å². The van der Waals surface area contributed by atoms with Gasteiger partial charge in [-0.15, -0.1) is 0 Å². The summed E-state index contributed by atoms with van der Waals surface area (Å²) < 4.78 is 48.5. The summed E-state index contributed by atoms with van der Waals surface area (Å²) in [6.45, 7) is 6.03. The monoisotopic (exact) mass is 618 g/mol. The minimum absolute atomic E-state index is 0.114. The molecule has 2 amide bonds. The number of pyridine rings is 2. The molecule has 2 N–H and O–H groups in total. The minimum atomic E-state index is -4.25. The third-order valence-corrected chi connectivity index (χ3v) is 9.90. The Labute approximate surface area is 253 Å². The molecule has 4 bridgehead atoms. The van der Waals surface area contributed by atoms with E-state index in [9.17, 15) is 22.8 Å². The zero-order chi connectivity index (χ0) is 30.4. The Morgan fingerprint density at radius 2 is 1.93 bits per heavy atom. The molecule has 43 heavy (non-hydrogen) atoms. The Bertz CT molecular complexity index is 1390. The molecule has 0 radical (unpaired) electrons. The molecule has 1 saturated carbocycles. The summed E-state index contributed by atoms with van der Waals surface area (Å²) in [5, 5.41) is 4.03. The minimum Gasteiger partial charge on any atom is -0.370 e. The number of fused-ring (bicyclic) bond motifs is 6. The highest BCUT2D eigenvalue weighted by Crippen LogP contribution is 2.60. The number of nitrogens with one attached hydrogen (secondary N) is 2. The molecule has 3 fully saturated rings. The summed E-state index contributed by atoms with van der Waals surface area (Å²) in [5.41, 5.74) is -1.53. The predicted octanol–water partition coefficient (Wildman–Crippen LogP) is 5.58. The molecular weight excluding hydrogens is 581 g/mol. The van der Waals surface area contributed by atoms with E-state index >= 15 is 0 Å². The molecule has 0 spiro atoms. The number of hydrogen-bond donors (Lipinski definition) is 2. The fourth-order valence-electron chi connectivity index (χ4n) is 6.51. The SMILES string of the molecule is CC1(C)CC2CCCNc3cccc(n3)SNC(=O)c3ccc(N4CCC(OCCC5(C(F)(F)F)CC5)C4=O)nc3N1C2. The van der Waals surface area contributed by atoms with Crippen molar-refractivity contribution in [2.24, 2.45) is 11.3 Å². The Morgan fingerprint density at radius 1 is 1.12 bits per heavy atom. The van der Waals surface area contributed by atoms with E-state index in [0.717, 1.165) is 50.1 Å². The lowest BCUT2D eigenvalue weighted by molar-refractivity contribution is -0.192. The van der Waals surface area contributed by atoms with E-state index in [1.54, 1.807) is 12.1 Å². The second-order valence-electron chi connectivity index (χ2n) is 12.7. The van der Waals surface area contributed by atoms with Crippen LogP contribution in [0.1, 0.15) is 69.2 Å². The fourth-order valence-corrected chi connectivity index (χ4v) is 7.11. The molecular formula is C30H37F3N6O3S. The Balaban J connectivity index is 1.23. The van der Waals surface area contributed by atoms with E-state index in [0.29, 0.717) is 41.1 Å². The molecule has 6 rings (SSSR count). The second-order valence-corrected chi connectivity index (χ2v) is 13.5. The van der Waals surface area contributed by atoms with Crippen LogP contribution in [0.5, 0.6) is 0 Å². The number of alkyl halides is 3. The maximum Gasteiger partial charge on any atom is 0.394 e. The van der Waals surface area contributed by atoms with E-state index in [1.807, 2.05) is 18.2 Å². The van der Waals surface area contributed by atoms with Crippen molar-refractivity contribution >= 4 is 41.2 Å². The van der Waals surface area contributed by atoms with Crippen LogP contribution < -0.4 is 19.8 Å². The molecule has 232 valence electrons. The number of hydrogen-bond acceptors (Lipinski definition) is 8. The number of halogens is 3. The van der Waals surface area contributed by atoms with Gasteiger partial charge in [0.2, 0.25) is 0 Å². The number of anilines is 3. The van der Waals surface area contributed by atoms with Gasteiger partial charge in [0.1, 0.15) is 28.6 Å². The van der Waals surface area contributed by atoms with Crippen molar-refractivity contribution in [3.63, 3.8) is 0 Å². The van der Waals surface area contributed by atoms with Crippen LogP contribution in [0.3, 0.4) is 0 Å². The van der Waals surface area contributed by atoms with Gasteiger partial charge in [-0.05, 0) is 82.6 Å². The Kier molecular flexibility index (Phi) is 7.99. The molecule has 2 saturated heterocycles. The number of aromatic nitrogens is 2. The van der Waals surface area contributed by atoms with Gasteiger partial charge in [-0.3, -0.25) is 19.2 Å². The van der Waals surface area contributed by atoms with Crippen molar-refractivity contribution < 1.29 is 27.5 Å². The van der Waals surface area contributed by atoms with Crippen molar-refractivity contribution in [1.29, 1.82) is 0 Å². The molecule has 4 aliphatic rings. The van der Waals surface area contributed by atoms with Gasteiger partial charge in [-0.25, -0.2) is 9.97 Å². The first-order chi connectivity index (χ1) is 20.5. The molecule has 2 atom stereocenters. The fraction of sp³-hybridized carbons (Fsp3) is 0.600. The van der Waals surface area contributed by atoms with Gasteiger partial charge in [0, 0.05) is 50.1 Å². The number of carbonyl (C=O) groups excluding carboxylic acids is 2. The zero-order valence-electron chi connectivity index (χ0n) is 24.4. The van der Waals surface area contributed by atoms with Gasteiger partial charge in [0.05, 0.1) is 11.0 Å². The average molecular weight is 619 g/mol.